The normalized spacial score (nSPS) is 14.2. The predicted molar refractivity (Wildman–Crippen MR) is 65.3 cm³/mol. The minimum Gasteiger partial charge on any atom is -0.347 e. The summed E-state index contributed by atoms with van der Waals surface area (Å²) >= 11 is 0. The number of Topliss-reactive ketones (excluding diaryl/α,β-unsaturated/α-hetero) is 1. The van der Waals surface area contributed by atoms with Crippen LogP contribution >= 0.6 is 0 Å². The van der Waals surface area contributed by atoms with Crippen LogP contribution in [0.5, 0.6) is 0 Å². The molecule has 0 saturated heterocycles. The van der Waals surface area contributed by atoms with Gasteiger partial charge in [0.25, 0.3) is 5.91 Å². The summed E-state index contributed by atoms with van der Waals surface area (Å²) in [7, 11) is 1.71. The maximum absolute atomic E-state index is 11.7. The van der Waals surface area contributed by atoms with Gasteiger partial charge < -0.3 is 10.6 Å². The van der Waals surface area contributed by atoms with Gasteiger partial charge in [0, 0.05) is 6.04 Å². The maximum atomic E-state index is 11.7. The van der Waals surface area contributed by atoms with Gasteiger partial charge in [0.2, 0.25) is 5.78 Å². The van der Waals surface area contributed by atoms with Crippen molar-refractivity contribution < 1.29 is 9.59 Å². The molecule has 0 heterocycles. The van der Waals surface area contributed by atoms with E-state index in [-0.39, 0.29) is 17.9 Å². The molecule has 0 bridgehead atoms. The highest BCUT2D eigenvalue weighted by Crippen LogP contribution is 2.00. The molecule has 0 radical (unpaired) electrons. The molecule has 0 aliphatic heterocycles. The zero-order valence-electron chi connectivity index (χ0n) is 10.8. The first-order valence-corrected chi connectivity index (χ1v) is 6.08. The first-order chi connectivity index (χ1) is 7.56. The lowest BCUT2D eigenvalue weighted by Gasteiger charge is -2.16. The first-order valence-electron chi connectivity index (χ1n) is 6.08. The van der Waals surface area contributed by atoms with E-state index >= 15 is 0 Å². The quantitative estimate of drug-likeness (QED) is 0.615. The van der Waals surface area contributed by atoms with Gasteiger partial charge in [0.1, 0.15) is 0 Å². The Morgan fingerprint density at radius 3 is 2.12 bits per heavy atom. The van der Waals surface area contributed by atoms with E-state index in [9.17, 15) is 9.59 Å². The fraction of sp³-hybridized carbons (Fsp3) is 0.833. The van der Waals surface area contributed by atoms with E-state index in [2.05, 4.69) is 17.6 Å². The molecule has 1 amide bonds. The number of rotatable bonds is 8. The van der Waals surface area contributed by atoms with E-state index in [1.54, 1.807) is 7.05 Å². The maximum Gasteiger partial charge on any atom is 0.289 e. The third-order valence-corrected chi connectivity index (χ3v) is 2.57. The summed E-state index contributed by atoms with van der Waals surface area (Å²) in [5.41, 5.74) is 0. The Hall–Kier alpha value is -0.900. The van der Waals surface area contributed by atoms with Crippen LogP contribution in [0.4, 0.5) is 0 Å². The smallest absolute Gasteiger partial charge is 0.289 e. The zero-order valence-corrected chi connectivity index (χ0v) is 10.8. The molecule has 0 aromatic carbocycles. The predicted octanol–water partition coefficient (Wildman–Crippen LogP) is 1.25. The molecule has 2 atom stereocenters. The van der Waals surface area contributed by atoms with Crippen LogP contribution in [-0.2, 0) is 9.59 Å². The van der Waals surface area contributed by atoms with Gasteiger partial charge in [-0.25, -0.2) is 0 Å². The van der Waals surface area contributed by atoms with Gasteiger partial charge in [0.15, 0.2) is 0 Å². The Morgan fingerprint density at radius 2 is 1.69 bits per heavy atom. The van der Waals surface area contributed by atoms with Crippen LogP contribution in [0.15, 0.2) is 0 Å². The second kappa shape index (κ2) is 8.28. The molecule has 4 heteroatoms. The molecule has 0 saturated carbocycles. The molecule has 0 spiro atoms. The fourth-order valence-corrected chi connectivity index (χ4v) is 1.65. The molecular formula is C12H24N2O2. The Kier molecular flexibility index (Phi) is 7.81. The SMILES string of the molecule is CCCC(C)NC(=O)C(=O)C(CCC)NC. The van der Waals surface area contributed by atoms with Crippen molar-refractivity contribution in [2.45, 2.75) is 58.5 Å². The minimum atomic E-state index is -0.464. The van der Waals surface area contributed by atoms with E-state index in [4.69, 9.17) is 0 Å². The average Bonchev–Trinajstić information content (AvgIpc) is 2.25. The molecule has 0 aliphatic rings. The third kappa shape index (κ3) is 5.26. The van der Waals surface area contributed by atoms with Gasteiger partial charge in [-0.1, -0.05) is 26.7 Å². The first kappa shape index (κ1) is 15.1. The monoisotopic (exact) mass is 228 g/mol. The summed E-state index contributed by atoms with van der Waals surface area (Å²) in [5.74, 6) is -0.818. The van der Waals surface area contributed by atoms with E-state index in [1.807, 2.05) is 13.8 Å². The van der Waals surface area contributed by atoms with Crippen molar-refractivity contribution in [2.75, 3.05) is 7.05 Å². The summed E-state index contributed by atoms with van der Waals surface area (Å²) in [5, 5.41) is 5.60. The molecule has 0 fully saturated rings. The molecule has 0 rings (SSSR count). The van der Waals surface area contributed by atoms with Crippen LogP contribution in [0.1, 0.15) is 46.5 Å². The number of hydrogen-bond acceptors (Lipinski definition) is 3. The van der Waals surface area contributed by atoms with Crippen molar-refractivity contribution in [1.29, 1.82) is 0 Å². The Balaban J connectivity index is 4.20. The zero-order chi connectivity index (χ0) is 12.6. The Labute approximate surface area is 98.2 Å². The van der Waals surface area contributed by atoms with Gasteiger partial charge in [-0.05, 0) is 26.8 Å². The number of nitrogens with one attached hydrogen (secondary N) is 2. The second-order valence-electron chi connectivity index (χ2n) is 4.16. The van der Waals surface area contributed by atoms with Crippen LogP contribution in [0.25, 0.3) is 0 Å². The third-order valence-electron chi connectivity index (χ3n) is 2.57. The Bertz CT molecular complexity index is 229. The van der Waals surface area contributed by atoms with Gasteiger partial charge in [-0.15, -0.1) is 0 Å². The van der Waals surface area contributed by atoms with E-state index in [0.29, 0.717) is 6.42 Å². The molecule has 2 unspecified atom stereocenters. The van der Waals surface area contributed by atoms with Crippen molar-refractivity contribution in [3.8, 4) is 0 Å². The van der Waals surface area contributed by atoms with Gasteiger partial charge in [-0.2, -0.15) is 0 Å². The lowest BCUT2D eigenvalue weighted by atomic mass is 10.1. The Morgan fingerprint density at radius 1 is 1.12 bits per heavy atom. The van der Waals surface area contributed by atoms with Gasteiger partial charge in [-0.3, -0.25) is 9.59 Å². The molecule has 0 aliphatic carbocycles. The minimum absolute atomic E-state index is 0.0700. The summed E-state index contributed by atoms with van der Waals surface area (Å²) in [6.45, 7) is 5.97. The number of likely N-dealkylation sites (N-methyl/N-ethyl adjacent to an activating group) is 1. The lowest BCUT2D eigenvalue weighted by molar-refractivity contribution is -0.139. The topological polar surface area (TPSA) is 58.2 Å². The molecule has 16 heavy (non-hydrogen) atoms. The lowest BCUT2D eigenvalue weighted by Crippen LogP contribution is -2.46. The van der Waals surface area contributed by atoms with Crippen LogP contribution in [0, 0.1) is 0 Å². The van der Waals surface area contributed by atoms with Crippen molar-refractivity contribution in [1.82, 2.24) is 10.6 Å². The highest BCUT2D eigenvalue weighted by molar-refractivity contribution is 6.38. The number of carbonyl (C=O) groups is 2. The molecule has 4 nitrogen and oxygen atoms in total. The summed E-state index contributed by atoms with van der Waals surface area (Å²) in [6.07, 6.45) is 3.48. The molecule has 0 aromatic rings. The van der Waals surface area contributed by atoms with Crippen molar-refractivity contribution in [3.63, 3.8) is 0 Å². The number of amides is 1. The van der Waals surface area contributed by atoms with E-state index in [1.165, 1.54) is 0 Å². The number of carbonyl (C=O) groups excluding carboxylic acids is 2. The standard InChI is InChI=1S/C12H24N2O2/c1-5-7-9(3)14-12(16)11(15)10(13-4)8-6-2/h9-10,13H,5-8H2,1-4H3,(H,14,16). The average molecular weight is 228 g/mol. The van der Waals surface area contributed by atoms with Crippen LogP contribution < -0.4 is 10.6 Å². The molecule has 2 N–H and O–H groups in total. The van der Waals surface area contributed by atoms with Crippen molar-refractivity contribution >= 4 is 11.7 Å². The van der Waals surface area contributed by atoms with Crippen LogP contribution in [0.3, 0.4) is 0 Å². The van der Waals surface area contributed by atoms with Gasteiger partial charge in [0.05, 0.1) is 6.04 Å². The van der Waals surface area contributed by atoms with Crippen molar-refractivity contribution in [3.05, 3.63) is 0 Å². The highest BCUT2D eigenvalue weighted by atomic mass is 16.2. The highest BCUT2D eigenvalue weighted by Gasteiger charge is 2.23. The summed E-state index contributed by atoms with van der Waals surface area (Å²) in [4.78, 5) is 23.3. The van der Waals surface area contributed by atoms with E-state index in [0.717, 1.165) is 19.3 Å². The van der Waals surface area contributed by atoms with Crippen LogP contribution in [0.2, 0.25) is 0 Å². The number of hydrogen-bond donors (Lipinski definition) is 2. The molecule has 0 aromatic heterocycles. The summed E-state index contributed by atoms with van der Waals surface area (Å²) < 4.78 is 0. The number of ketones is 1. The molecule has 94 valence electrons. The second-order valence-corrected chi connectivity index (χ2v) is 4.16. The van der Waals surface area contributed by atoms with Crippen molar-refractivity contribution in [2.24, 2.45) is 0 Å². The summed E-state index contributed by atoms with van der Waals surface area (Å²) in [6, 6.07) is -0.278. The fourth-order valence-electron chi connectivity index (χ4n) is 1.65. The van der Waals surface area contributed by atoms with E-state index < -0.39 is 5.91 Å². The van der Waals surface area contributed by atoms with Crippen LogP contribution in [-0.4, -0.2) is 30.8 Å². The largest absolute Gasteiger partial charge is 0.347 e. The van der Waals surface area contributed by atoms with Gasteiger partial charge >= 0.3 is 0 Å². The molecular weight excluding hydrogens is 204 g/mol.